The summed E-state index contributed by atoms with van der Waals surface area (Å²) >= 11 is 0. The Morgan fingerprint density at radius 3 is 1.63 bits per heavy atom. The molecule has 27 heavy (non-hydrogen) atoms. The molecule has 2 aromatic rings. The number of carbonyl (C=O) groups is 3. The van der Waals surface area contributed by atoms with E-state index in [1.54, 1.807) is 60.7 Å². The summed E-state index contributed by atoms with van der Waals surface area (Å²) in [5, 5.41) is 16.2. The van der Waals surface area contributed by atoms with Gasteiger partial charge in [-0.2, -0.15) is 5.26 Å². The number of nitrogens with zero attached hydrogens (tertiary/aromatic N) is 1. The molecule has 1 N–H and O–H groups in total. The Labute approximate surface area is 156 Å². The lowest BCUT2D eigenvalue weighted by molar-refractivity contribution is -0.187. The molecule has 0 bridgehead atoms. The maximum Gasteiger partial charge on any atom is 0.386 e. The molecule has 2 aromatic carbocycles. The normalized spacial score (nSPS) is 9.15. The van der Waals surface area contributed by atoms with E-state index >= 15 is 0 Å². The van der Waals surface area contributed by atoms with Gasteiger partial charge in [0, 0.05) is 12.8 Å². The van der Waals surface area contributed by atoms with Gasteiger partial charge in [0.15, 0.2) is 0 Å². The predicted molar refractivity (Wildman–Crippen MR) is 95.4 cm³/mol. The average Bonchev–Trinajstić information content (AvgIpc) is 2.71. The Morgan fingerprint density at radius 1 is 0.815 bits per heavy atom. The number of hydrogen-bond donors (Lipinski definition) is 1. The Bertz CT molecular complexity index is 717. The van der Waals surface area contributed by atoms with Crippen LogP contribution in [0.25, 0.3) is 0 Å². The van der Waals surface area contributed by atoms with Crippen molar-refractivity contribution in [2.24, 2.45) is 0 Å². The zero-order valence-corrected chi connectivity index (χ0v) is 14.5. The summed E-state index contributed by atoms with van der Waals surface area (Å²) in [6, 6.07) is 18.5. The van der Waals surface area contributed by atoms with E-state index in [2.05, 4.69) is 9.78 Å². The van der Waals surface area contributed by atoms with Crippen molar-refractivity contribution in [3.63, 3.8) is 0 Å². The summed E-state index contributed by atoms with van der Waals surface area (Å²) in [7, 11) is 0. The molecule has 7 heteroatoms. The second-order valence-corrected chi connectivity index (χ2v) is 5.23. The predicted octanol–water partition coefficient (Wildman–Crippen LogP) is 3.77. The van der Waals surface area contributed by atoms with E-state index in [1.165, 1.54) is 0 Å². The third-order valence-electron chi connectivity index (χ3n) is 3.14. The van der Waals surface area contributed by atoms with Gasteiger partial charge in [0.2, 0.25) is 0 Å². The van der Waals surface area contributed by atoms with Crippen molar-refractivity contribution in [2.45, 2.75) is 25.7 Å². The molecule has 0 aliphatic heterocycles. The second-order valence-electron chi connectivity index (χ2n) is 5.23. The van der Waals surface area contributed by atoms with Crippen molar-refractivity contribution in [3.8, 4) is 6.07 Å². The van der Waals surface area contributed by atoms with Crippen LogP contribution in [0, 0.1) is 11.3 Å². The van der Waals surface area contributed by atoms with Gasteiger partial charge in [-0.3, -0.25) is 4.79 Å². The third-order valence-corrected chi connectivity index (χ3v) is 3.14. The lowest BCUT2D eigenvalue weighted by atomic mass is 10.2. The first-order valence-corrected chi connectivity index (χ1v) is 8.16. The van der Waals surface area contributed by atoms with Crippen LogP contribution in [0.3, 0.4) is 0 Å². The number of benzene rings is 2. The minimum atomic E-state index is -0.784. The number of carboxylic acids is 1. The van der Waals surface area contributed by atoms with Gasteiger partial charge in [-0.15, -0.1) is 0 Å². The molecular formula is C20H19NO6. The van der Waals surface area contributed by atoms with Crippen LogP contribution < -0.4 is 0 Å². The highest BCUT2D eigenvalue weighted by molar-refractivity contribution is 5.92. The highest BCUT2D eigenvalue weighted by Gasteiger charge is 2.12. The Balaban J connectivity index is 0.000000345. The van der Waals surface area contributed by atoms with E-state index in [-0.39, 0.29) is 6.42 Å². The molecule has 140 valence electrons. The summed E-state index contributed by atoms with van der Waals surface area (Å²) in [6.07, 6.45) is 1.96. The van der Waals surface area contributed by atoms with Crippen molar-refractivity contribution in [1.29, 1.82) is 5.26 Å². The summed E-state index contributed by atoms with van der Waals surface area (Å²) in [4.78, 5) is 41.8. The van der Waals surface area contributed by atoms with Crippen LogP contribution in [0.2, 0.25) is 0 Å². The van der Waals surface area contributed by atoms with Crippen LogP contribution >= 0.6 is 0 Å². The molecular weight excluding hydrogens is 350 g/mol. The number of hydrogen-bond acceptors (Lipinski definition) is 6. The summed E-state index contributed by atoms with van der Waals surface area (Å²) in [5.41, 5.74) is 0.636. The SMILES string of the molecule is N#CCCCCC(=O)O.O=C(OOC(=O)c1ccccc1)c1ccccc1. The van der Waals surface area contributed by atoms with Gasteiger partial charge in [-0.05, 0) is 37.1 Å². The first kappa shape index (κ1) is 21.4. The Kier molecular flexibility index (Phi) is 10.0. The van der Waals surface area contributed by atoms with E-state index in [0.29, 0.717) is 30.4 Å². The third kappa shape index (κ3) is 9.41. The number of unbranched alkanes of at least 4 members (excludes halogenated alkanes) is 2. The monoisotopic (exact) mass is 369 g/mol. The highest BCUT2D eigenvalue weighted by Crippen LogP contribution is 2.05. The molecule has 0 unspecified atom stereocenters. The molecule has 2 rings (SSSR count). The van der Waals surface area contributed by atoms with Gasteiger partial charge in [0.25, 0.3) is 0 Å². The van der Waals surface area contributed by atoms with Crippen molar-refractivity contribution < 1.29 is 29.3 Å². The fourth-order valence-electron chi connectivity index (χ4n) is 1.80. The van der Waals surface area contributed by atoms with Crippen LogP contribution in [0.4, 0.5) is 0 Å². The summed E-state index contributed by atoms with van der Waals surface area (Å²) in [5.74, 6) is -2.20. The van der Waals surface area contributed by atoms with Crippen LogP contribution in [-0.2, 0) is 14.6 Å². The quantitative estimate of drug-likeness (QED) is 0.468. The molecule has 0 amide bonds. The number of nitriles is 1. The van der Waals surface area contributed by atoms with Crippen LogP contribution in [0.1, 0.15) is 46.4 Å². The van der Waals surface area contributed by atoms with E-state index in [9.17, 15) is 14.4 Å². The lowest BCUT2D eigenvalue weighted by Crippen LogP contribution is -2.11. The van der Waals surface area contributed by atoms with Crippen molar-refractivity contribution in [2.75, 3.05) is 0 Å². The largest absolute Gasteiger partial charge is 0.481 e. The number of carboxylic acid groups (broad SMARTS) is 1. The van der Waals surface area contributed by atoms with E-state index in [1.807, 2.05) is 6.07 Å². The Hall–Kier alpha value is -3.66. The van der Waals surface area contributed by atoms with Crippen molar-refractivity contribution in [3.05, 3.63) is 71.8 Å². The zero-order valence-electron chi connectivity index (χ0n) is 14.5. The minimum absolute atomic E-state index is 0.182. The van der Waals surface area contributed by atoms with E-state index in [0.717, 1.165) is 0 Å². The molecule has 0 aromatic heterocycles. The summed E-state index contributed by atoms with van der Waals surface area (Å²) in [6.45, 7) is 0. The molecule has 0 saturated heterocycles. The molecule has 0 heterocycles. The van der Waals surface area contributed by atoms with Crippen LogP contribution in [0.15, 0.2) is 60.7 Å². The molecule has 0 radical (unpaired) electrons. The van der Waals surface area contributed by atoms with Gasteiger partial charge < -0.3 is 5.11 Å². The van der Waals surface area contributed by atoms with E-state index < -0.39 is 17.9 Å². The lowest BCUT2D eigenvalue weighted by Gasteiger charge is -2.02. The van der Waals surface area contributed by atoms with Crippen molar-refractivity contribution in [1.82, 2.24) is 0 Å². The number of carbonyl (C=O) groups excluding carboxylic acids is 2. The molecule has 0 fully saturated rings. The smallest absolute Gasteiger partial charge is 0.386 e. The van der Waals surface area contributed by atoms with Crippen LogP contribution in [-0.4, -0.2) is 23.0 Å². The molecule has 7 nitrogen and oxygen atoms in total. The van der Waals surface area contributed by atoms with Gasteiger partial charge in [-0.25, -0.2) is 19.4 Å². The fraction of sp³-hybridized carbons (Fsp3) is 0.200. The van der Waals surface area contributed by atoms with Gasteiger partial charge in [0.1, 0.15) is 0 Å². The summed E-state index contributed by atoms with van der Waals surface area (Å²) < 4.78 is 0. The number of aliphatic carboxylic acids is 1. The maximum atomic E-state index is 11.5. The molecule has 0 aliphatic carbocycles. The van der Waals surface area contributed by atoms with E-state index in [4.69, 9.17) is 10.4 Å². The second kappa shape index (κ2) is 12.7. The zero-order chi connectivity index (χ0) is 19.9. The average molecular weight is 369 g/mol. The highest BCUT2D eigenvalue weighted by atomic mass is 17.2. The number of rotatable bonds is 6. The first-order chi connectivity index (χ1) is 13.0. The van der Waals surface area contributed by atoms with Gasteiger partial charge >= 0.3 is 17.9 Å². The van der Waals surface area contributed by atoms with Gasteiger partial charge in [0.05, 0.1) is 17.2 Å². The first-order valence-electron chi connectivity index (χ1n) is 8.16. The molecule has 0 saturated carbocycles. The molecule has 0 atom stereocenters. The van der Waals surface area contributed by atoms with Crippen LogP contribution in [0.5, 0.6) is 0 Å². The molecule has 0 aliphatic rings. The maximum absolute atomic E-state index is 11.5. The van der Waals surface area contributed by atoms with Crippen molar-refractivity contribution >= 4 is 17.9 Å². The Morgan fingerprint density at radius 2 is 1.26 bits per heavy atom. The minimum Gasteiger partial charge on any atom is -0.481 e. The fourth-order valence-corrected chi connectivity index (χ4v) is 1.80. The van der Waals surface area contributed by atoms with Gasteiger partial charge in [-0.1, -0.05) is 36.4 Å². The standard InChI is InChI=1S/C14H10O4.C6H9NO2/c15-13(11-7-3-1-4-8-11)17-18-14(16)12-9-5-2-6-10-12;7-5-3-1-2-4-6(8)9/h1-10H;1-4H2,(H,8,9). The topological polar surface area (TPSA) is 114 Å². The molecule has 0 spiro atoms.